The van der Waals surface area contributed by atoms with Crippen LogP contribution in [0.5, 0.6) is 0 Å². The SMILES string of the molecule is O=C1N=NC(c2ccc(CC(=O)N3Cc4ccccc4C3)cc2)=C2C=CC=CC12. The molecule has 3 aliphatic rings. The third-order valence-electron chi connectivity index (χ3n) is 5.59. The van der Waals surface area contributed by atoms with Crippen LogP contribution < -0.4 is 0 Å². The number of hydrogen-bond donors (Lipinski definition) is 0. The molecule has 2 aromatic carbocycles. The minimum absolute atomic E-state index is 0.124. The maximum atomic E-state index is 12.7. The molecule has 1 atom stereocenters. The van der Waals surface area contributed by atoms with Crippen LogP contribution in [0.4, 0.5) is 0 Å². The van der Waals surface area contributed by atoms with Crippen molar-refractivity contribution in [3.8, 4) is 0 Å². The molecule has 2 aromatic rings. The summed E-state index contributed by atoms with van der Waals surface area (Å²) in [4.78, 5) is 26.6. The lowest BCUT2D eigenvalue weighted by Crippen LogP contribution is -2.26. The Hall–Kier alpha value is -3.60. The maximum absolute atomic E-state index is 12.7. The standard InChI is InChI=1S/C24H19N3O2/c28-22(27-14-18-5-1-2-6-19(18)15-27)13-16-9-11-17(12-10-16)23-20-7-3-4-8-21(20)24(29)26-25-23/h1-12,21H,13-15H2. The van der Waals surface area contributed by atoms with Crippen molar-refractivity contribution in [1.29, 1.82) is 0 Å². The molecule has 0 aromatic heterocycles. The number of rotatable bonds is 3. The lowest BCUT2D eigenvalue weighted by atomic mass is 9.89. The topological polar surface area (TPSA) is 62.1 Å². The van der Waals surface area contributed by atoms with Gasteiger partial charge >= 0.3 is 0 Å². The summed E-state index contributed by atoms with van der Waals surface area (Å²) in [5.41, 5.74) is 5.89. The highest BCUT2D eigenvalue weighted by Gasteiger charge is 2.28. The van der Waals surface area contributed by atoms with E-state index in [2.05, 4.69) is 22.4 Å². The average Bonchev–Trinajstić information content (AvgIpc) is 3.20. The van der Waals surface area contributed by atoms with E-state index >= 15 is 0 Å². The molecule has 1 aliphatic carbocycles. The molecule has 0 spiro atoms. The molecule has 1 unspecified atom stereocenters. The van der Waals surface area contributed by atoms with Gasteiger partial charge in [-0.3, -0.25) is 9.59 Å². The maximum Gasteiger partial charge on any atom is 0.276 e. The zero-order valence-electron chi connectivity index (χ0n) is 15.8. The number of carbonyl (C=O) groups excluding carboxylic acids is 2. The van der Waals surface area contributed by atoms with Crippen molar-refractivity contribution in [3.05, 3.63) is 101 Å². The van der Waals surface area contributed by atoms with Crippen LogP contribution in [-0.4, -0.2) is 16.7 Å². The molecule has 0 saturated heterocycles. The van der Waals surface area contributed by atoms with Crippen molar-refractivity contribution in [1.82, 2.24) is 4.90 Å². The smallest absolute Gasteiger partial charge is 0.276 e. The first-order chi connectivity index (χ1) is 14.2. The number of azo groups is 1. The van der Waals surface area contributed by atoms with Gasteiger partial charge in [0.2, 0.25) is 5.91 Å². The van der Waals surface area contributed by atoms with E-state index in [-0.39, 0.29) is 17.7 Å². The van der Waals surface area contributed by atoms with Crippen LogP contribution in [0.1, 0.15) is 22.3 Å². The highest BCUT2D eigenvalue weighted by molar-refractivity contribution is 5.91. The van der Waals surface area contributed by atoms with Crippen molar-refractivity contribution >= 4 is 17.5 Å². The van der Waals surface area contributed by atoms with E-state index in [1.807, 2.05) is 65.6 Å². The van der Waals surface area contributed by atoms with E-state index in [9.17, 15) is 9.59 Å². The van der Waals surface area contributed by atoms with E-state index in [0.717, 1.165) is 16.7 Å². The van der Waals surface area contributed by atoms with Gasteiger partial charge in [-0.05, 0) is 22.3 Å². The van der Waals surface area contributed by atoms with Crippen LogP contribution in [0.3, 0.4) is 0 Å². The van der Waals surface area contributed by atoms with Gasteiger partial charge in [0.05, 0.1) is 18.0 Å². The summed E-state index contributed by atoms with van der Waals surface area (Å²) < 4.78 is 0. The van der Waals surface area contributed by atoms with Gasteiger partial charge in [0.1, 0.15) is 0 Å². The van der Waals surface area contributed by atoms with Gasteiger partial charge < -0.3 is 4.90 Å². The van der Waals surface area contributed by atoms with Crippen molar-refractivity contribution in [2.45, 2.75) is 19.5 Å². The summed E-state index contributed by atoms with van der Waals surface area (Å²) in [7, 11) is 0. The summed E-state index contributed by atoms with van der Waals surface area (Å²) in [6.45, 7) is 1.36. The third-order valence-corrected chi connectivity index (χ3v) is 5.59. The molecule has 5 rings (SSSR count). The lowest BCUT2D eigenvalue weighted by molar-refractivity contribution is -0.131. The Morgan fingerprint density at radius 2 is 1.69 bits per heavy atom. The number of hydrogen-bond acceptors (Lipinski definition) is 3. The van der Waals surface area contributed by atoms with Crippen LogP contribution in [0.15, 0.2) is 88.6 Å². The summed E-state index contributed by atoms with van der Waals surface area (Å²) in [6, 6.07) is 16.0. The molecule has 29 heavy (non-hydrogen) atoms. The summed E-state index contributed by atoms with van der Waals surface area (Å²) in [5, 5.41) is 7.93. The first-order valence-electron chi connectivity index (χ1n) is 9.67. The predicted molar refractivity (Wildman–Crippen MR) is 109 cm³/mol. The quantitative estimate of drug-likeness (QED) is 0.799. The van der Waals surface area contributed by atoms with Crippen LogP contribution in [-0.2, 0) is 29.1 Å². The monoisotopic (exact) mass is 381 g/mol. The number of nitrogens with zero attached hydrogens (tertiary/aromatic N) is 3. The predicted octanol–water partition coefficient (Wildman–Crippen LogP) is 4.22. The Bertz CT molecular complexity index is 1100. The Labute approximate surface area is 168 Å². The minimum atomic E-state index is -0.356. The van der Waals surface area contributed by atoms with Gasteiger partial charge in [-0.25, -0.2) is 0 Å². The Kier molecular flexibility index (Phi) is 4.28. The van der Waals surface area contributed by atoms with Crippen molar-refractivity contribution in [2.75, 3.05) is 0 Å². The van der Waals surface area contributed by atoms with Gasteiger partial charge in [-0.15, -0.1) is 10.2 Å². The fourth-order valence-electron chi connectivity index (χ4n) is 4.00. The first-order valence-corrected chi connectivity index (χ1v) is 9.67. The number of allylic oxidation sites excluding steroid dienone is 3. The van der Waals surface area contributed by atoms with Crippen LogP contribution >= 0.6 is 0 Å². The molecule has 2 heterocycles. The Morgan fingerprint density at radius 3 is 2.41 bits per heavy atom. The first kappa shape index (κ1) is 17.5. The van der Waals surface area contributed by atoms with Gasteiger partial charge in [0.25, 0.3) is 5.91 Å². The second kappa shape index (κ2) is 7.09. The largest absolute Gasteiger partial charge is 0.334 e. The molecular weight excluding hydrogens is 362 g/mol. The number of benzene rings is 2. The molecule has 0 fully saturated rings. The van der Waals surface area contributed by atoms with E-state index < -0.39 is 0 Å². The molecule has 0 saturated carbocycles. The fraction of sp³-hybridized carbons (Fsp3) is 0.167. The normalized spacial score (nSPS) is 19.5. The number of carbonyl (C=O) groups is 2. The Morgan fingerprint density at radius 1 is 0.966 bits per heavy atom. The molecule has 2 aliphatic heterocycles. The zero-order chi connectivity index (χ0) is 19.8. The molecule has 5 nitrogen and oxygen atoms in total. The molecule has 0 radical (unpaired) electrons. The summed E-state index contributed by atoms with van der Waals surface area (Å²) in [5.74, 6) is -0.469. The second-order valence-corrected chi connectivity index (χ2v) is 7.46. The van der Waals surface area contributed by atoms with Crippen LogP contribution in [0.2, 0.25) is 0 Å². The highest BCUT2D eigenvalue weighted by atomic mass is 16.2. The van der Waals surface area contributed by atoms with E-state index in [1.54, 1.807) is 0 Å². The van der Waals surface area contributed by atoms with E-state index in [0.29, 0.717) is 25.2 Å². The summed E-state index contributed by atoms with van der Waals surface area (Å²) in [6.07, 6.45) is 7.89. The molecule has 0 N–H and O–H groups in total. The minimum Gasteiger partial charge on any atom is -0.334 e. The average molecular weight is 381 g/mol. The molecule has 0 bridgehead atoms. The second-order valence-electron chi connectivity index (χ2n) is 7.46. The van der Waals surface area contributed by atoms with Gasteiger partial charge in [-0.1, -0.05) is 72.8 Å². The van der Waals surface area contributed by atoms with Crippen LogP contribution in [0, 0.1) is 5.92 Å². The van der Waals surface area contributed by atoms with Gasteiger partial charge in [0, 0.05) is 18.7 Å². The van der Waals surface area contributed by atoms with Crippen molar-refractivity contribution < 1.29 is 9.59 Å². The number of amides is 2. The van der Waals surface area contributed by atoms with Gasteiger partial charge in [0.15, 0.2) is 0 Å². The molecule has 2 amide bonds. The summed E-state index contributed by atoms with van der Waals surface area (Å²) >= 11 is 0. The van der Waals surface area contributed by atoms with Crippen molar-refractivity contribution in [2.24, 2.45) is 16.1 Å². The van der Waals surface area contributed by atoms with Gasteiger partial charge in [-0.2, -0.15) is 0 Å². The van der Waals surface area contributed by atoms with E-state index in [1.165, 1.54) is 11.1 Å². The van der Waals surface area contributed by atoms with Crippen molar-refractivity contribution in [3.63, 3.8) is 0 Å². The van der Waals surface area contributed by atoms with E-state index in [4.69, 9.17) is 0 Å². The van der Waals surface area contributed by atoms with Crippen LogP contribution in [0.25, 0.3) is 5.70 Å². The third kappa shape index (κ3) is 3.25. The number of fused-ring (bicyclic) bond motifs is 2. The highest BCUT2D eigenvalue weighted by Crippen LogP contribution is 2.34. The Balaban J connectivity index is 1.32. The molecular formula is C24H19N3O2. The molecule has 5 heteroatoms. The lowest BCUT2D eigenvalue weighted by Gasteiger charge is -2.19. The molecule has 142 valence electrons. The zero-order valence-corrected chi connectivity index (χ0v) is 15.8. The fourth-order valence-corrected chi connectivity index (χ4v) is 4.00.